The van der Waals surface area contributed by atoms with E-state index in [0.29, 0.717) is 27.9 Å². The fraction of sp³-hybridized carbons (Fsp3) is 0.182. The van der Waals surface area contributed by atoms with Crippen molar-refractivity contribution in [3.8, 4) is 0 Å². The number of aliphatic hydroxyl groups excluding tert-OH is 1. The molecule has 2 N–H and O–H groups in total. The fourth-order valence-electron chi connectivity index (χ4n) is 3.40. The molecule has 4 rings (SSSR count). The van der Waals surface area contributed by atoms with Crippen LogP contribution < -0.4 is 5.32 Å². The topological polar surface area (TPSA) is 92.2 Å². The van der Waals surface area contributed by atoms with Crippen LogP contribution in [-0.4, -0.2) is 39.4 Å². The number of hydrogen-bond acceptors (Lipinski definition) is 5. The zero-order chi connectivity index (χ0) is 19.8. The summed E-state index contributed by atoms with van der Waals surface area (Å²) in [5.41, 5.74) is 2.57. The van der Waals surface area contributed by atoms with Crippen molar-refractivity contribution in [2.24, 2.45) is 0 Å². The van der Waals surface area contributed by atoms with E-state index in [9.17, 15) is 14.7 Å². The van der Waals surface area contributed by atoms with Gasteiger partial charge < -0.3 is 10.4 Å². The van der Waals surface area contributed by atoms with Gasteiger partial charge in [-0.25, -0.2) is 4.98 Å². The molecule has 0 radical (unpaired) electrons. The van der Waals surface area contributed by atoms with Gasteiger partial charge in [-0.2, -0.15) is 0 Å². The first-order valence-corrected chi connectivity index (χ1v) is 9.04. The molecule has 6 nitrogen and oxygen atoms in total. The number of nitrogens with one attached hydrogen (secondary N) is 1. The summed E-state index contributed by atoms with van der Waals surface area (Å²) in [5.74, 6) is -0.539. The molecule has 1 aliphatic rings. The van der Waals surface area contributed by atoms with E-state index in [1.807, 2.05) is 30.3 Å². The largest absolute Gasteiger partial charge is 0.386 e. The highest BCUT2D eigenvalue weighted by atomic mass is 16.3. The van der Waals surface area contributed by atoms with Crippen molar-refractivity contribution in [2.45, 2.75) is 20.0 Å². The molecule has 28 heavy (non-hydrogen) atoms. The van der Waals surface area contributed by atoms with Crippen LogP contribution in [0.2, 0.25) is 0 Å². The molecule has 0 saturated carbocycles. The molecule has 0 fully saturated rings. The lowest BCUT2D eigenvalue weighted by atomic mass is 9.90. The molecule has 140 valence electrons. The Balaban J connectivity index is 1.81. The quantitative estimate of drug-likeness (QED) is 0.542. The molecule has 3 aromatic rings. The van der Waals surface area contributed by atoms with Crippen molar-refractivity contribution in [1.29, 1.82) is 0 Å². The van der Waals surface area contributed by atoms with Gasteiger partial charge in [0.05, 0.1) is 17.3 Å². The number of nitrogens with zero attached hydrogens (tertiary/aromatic N) is 2. The molecule has 1 aliphatic carbocycles. The van der Waals surface area contributed by atoms with Crippen molar-refractivity contribution in [1.82, 2.24) is 15.3 Å². The number of amides is 1. The van der Waals surface area contributed by atoms with Crippen LogP contribution in [0.1, 0.15) is 30.0 Å². The summed E-state index contributed by atoms with van der Waals surface area (Å²) >= 11 is 0. The van der Waals surface area contributed by atoms with Gasteiger partial charge in [-0.15, -0.1) is 0 Å². The number of carbonyl (C=O) groups is 2. The third-order valence-corrected chi connectivity index (χ3v) is 5.01. The van der Waals surface area contributed by atoms with Gasteiger partial charge in [0.25, 0.3) is 0 Å². The van der Waals surface area contributed by atoms with Crippen molar-refractivity contribution in [2.75, 3.05) is 6.54 Å². The summed E-state index contributed by atoms with van der Waals surface area (Å²) in [6.45, 7) is 3.45. The van der Waals surface area contributed by atoms with Gasteiger partial charge in [0.1, 0.15) is 5.69 Å². The molecule has 0 spiro atoms. The highest BCUT2D eigenvalue weighted by molar-refractivity contribution is 6.24. The Morgan fingerprint density at radius 2 is 2.00 bits per heavy atom. The van der Waals surface area contributed by atoms with E-state index in [0.717, 1.165) is 16.3 Å². The van der Waals surface area contributed by atoms with E-state index >= 15 is 0 Å². The van der Waals surface area contributed by atoms with Gasteiger partial charge in [0.2, 0.25) is 11.7 Å². The molecule has 1 atom stereocenters. The predicted octanol–water partition coefficient (Wildman–Crippen LogP) is 2.81. The van der Waals surface area contributed by atoms with Crippen LogP contribution in [0.5, 0.6) is 0 Å². The van der Waals surface area contributed by atoms with Gasteiger partial charge in [0, 0.05) is 34.7 Å². The maximum atomic E-state index is 12.6. The Labute approximate surface area is 161 Å². The lowest BCUT2D eigenvalue weighted by molar-refractivity contribution is -0.117. The summed E-state index contributed by atoms with van der Waals surface area (Å²) in [6.07, 6.45) is 3.61. The van der Waals surface area contributed by atoms with Gasteiger partial charge in [-0.05, 0) is 37.4 Å². The maximum Gasteiger partial charge on any atom is 0.246 e. The van der Waals surface area contributed by atoms with Gasteiger partial charge >= 0.3 is 0 Å². The first-order valence-electron chi connectivity index (χ1n) is 9.04. The minimum absolute atomic E-state index is 0.0191. The summed E-state index contributed by atoms with van der Waals surface area (Å²) < 4.78 is 0. The highest BCUT2D eigenvalue weighted by Gasteiger charge is 2.28. The van der Waals surface area contributed by atoms with E-state index in [-0.39, 0.29) is 18.2 Å². The smallest absolute Gasteiger partial charge is 0.246 e. The van der Waals surface area contributed by atoms with Crippen LogP contribution >= 0.6 is 0 Å². The van der Waals surface area contributed by atoms with Crippen LogP contribution in [0, 0.1) is 0 Å². The second-order valence-electron chi connectivity index (χ2n) is 6.72. The van der Waals surface area contributed by atoms with Gasteiger partial charge in [-0.1, -0.05) is 24.3 Å². The van der Waals surface area contributed by atoms with E-state index in [2.05, 4.69) is 10.3 Å². The van der Waals surface area contributed by atoms with Crippen LogP contribution in [0.3, 0.4) is 0 Å². The molecule has 0 saturated heterocycles. The highest BCUT2D eigenvalue weighted by Crippen LogP contribution is 2.35. The number of allylic oxidation sites excluding steroid dienone is 2. The van der Waals surface area contributed by atoms with E-state index < -0.39 is 6.10 Å². The first-order chi connectivity index (χ1) is 13.5. The Kier molecular flexibility index (Phi) is 4.49. The molecule has 0 bridgehead atoms. The molecule has 0 unspecified atom stereocenters. The Bertz CT molecular complexity index is 1190. The van der Waals surface area contributed by atoms with E-state index in [4.69, 9.17) is 4.98 Å². The lowest BCUT2D eigenvalue weighted by Crippen LogP contribution is -2.34. The standard InChI is InChI=1S/C22H19N3O3/c1-3-12(2)22(28)24-11-18(27)15-10-17(26)21-19-14(8-9-23-21)13-6-4-5-7-16(13)25-20(15)19/h3-10,18,27H,11H2,1-2H3,(H,24,28)/t18-/m1/s1. The summed E-state index contributed by atoms with van der Waals surface area (Å²) in [5, 5.41) is 15.8. The van der Waals surface area contributed by atoms with Crippen LogP contribution in [-0.2, 0) is 4.79 Å². The molecular weight excluding hydrogens is 354 g/mol. The first kappa shape index (κ1) is 18.0. The summed E-state index contributed by atoms with van der Waals surface area (Å²) in [4.78, 5) is 33.6. The Hall–Kier alpha value is -3.38. The van der Waals surface area contributed by atoms with Crippen LogP contribution in [0.4, 0.5) is 0 Å². The lowest BCUT2D eigenvalue weighted by Gasteiger charge is -2.21. The molecule has 2 aromatic heterocycles. The van der Waals surface area contributed by atoms with Crippen molar-refractivity contribution in [3.05, 3.63) is 65.6 Å². The number of benzene rings is 1. The van der Waals surface area contributed by atoms with Gasteiger partial charge in [-0.3, -0.25) is 14.6 Å². The monoisotopic (exact) mass is 373 g/mol. The predicted molar refractivity (Wildman–Crippen MR) is 108 cm³/mol. The minimum Gasteiger partial charge on any atom is -0.386 e. The number of carbonyl (C=O) groups excluding carboxylic acids is 2. The Morgan fingerprint density at radius 3 is 2.79 bits per heavy atom. The number of pyridine rings is 2. The number of aliphatic hydroxyl groups is 1. The third-order valence-electron chi connectivity index (χ3n) is 5.01. The second kappa shape index (κ2) is 6.98. The third kappa shape index (κ3) is 2.88. The number of ketones is 1. The summed E-state index contributed by atoms with van der Waals surface area (Å²) in [7, 11) is 0. The number of rotatable bonds is 4. The molecule has 1 amide bonds. The van der Waals surface area contributed by atoms with E-state index in [1.165, 1.54) is 6.08 Å². The Morgan fingerprint density at radius 1 is 1.21 bits per heavy atom. The van der Waals surface area contributed by atoms with Crippen molar-refractivity contribution < 1.29 is 14.7 Å². The maximum absolute atomic E-state index is 12.6. The number of aromatic nitrogens is 2. The van der Waals surface area contributed by atoms with Crippen molar-refractivity contribution >= 4 is 38.9 Å². The normalized spacial score (nSPS) is 14.9. The van der Waals surface area contributed by atoms with Crippen LogP contribution in [0.25, 0.3) is 27.2 Å². The number of hydrogen-bond donors (Lipinski definition) is 2. The molecular formula is C22H19N3O3. The fourth-order valence-corrected chi connectivity index (χ4v) is 3.40. The number of para-hydroxylation sites is 1. The SMILES string of the molecule is CC=C(C)C(=O)NC[C@@H](O)C1=CC(=O)c2nccc3c2c1nc1ccccc13. The van der Waals surface area contributed by atoms with E-state index in [1.54, 1.807) is 26.1 Å². The molecule has 0 aliphatic heterocycles. The van der Waals surface area contributed by atoms with Crippen molar-refractivity contribution in [3.63, 3.8) is 0 Å². The second-order valence-corrected chi connectivity index (χ2v) is 6.72. The average molecular weight is 373 g/mol. The molecule has 6 heteroatoms. The van der Waals surface area contributed by atoms with Crippen LogP contribution in [0.15, 0.2) is 54.3 Å². The minimum atomic E-state index is -1.07. The zero-order valence-electron chi connectivity index (χ0n) is 15.6. The number of fused-ring (bicyclic) bond motifs is 2. The molecule has 1 aromatic carbocycles. The zero-order valence-corrected chi connectivity index (χ0v) is 15.6. The summed E-state index contributed by atoms with van der Waals surface area (Å²) in [6, 6.07) is 9.50. The average Bonchev–Trinajstić information content (AvgIpc) is 2.73. The van der Waals surface area contributed by atoms with Gasteiger partial charge in [0.15, 0.2) is 0 Å². The molecule has 2 heterocycles.